The molecule has 0 saturated heterocycles. The van der Waals surface area contributed by atoms with Gasteiger partial charge < -0.3 is 0 Å². The van der Waals surface area contributed by atoms with Gasteiger partial charge in [0.15, 0.2) is 17.5 Å². The number of para-hydroxylation sites is 1. The number of nitrogens with zero attached hydrogens (tertiary/aromatic N) is 4. The average molecular weight is 833 g/mol. The first-order chi connectivity index (χ1) is 31.7. The summed E-state index contributed by atoms with van der Waals surface area (Å²) in [5.41, 5.74) is 15.5. The molecule has 0 atom stereocenters. The Balaban J connectivity index is 1.00. The van der Waals surface area contributed by atoms with E-state index in [0.29, 0.717) is 17.5 Å². The van der Waals surface area contributed by atoms with Crippen LogP contribution in [0.25, 0.3) is 89.4 Å². The van der Waals surface area contributed by atoms with Gasteiger partial charge in [0.1, 0.15) is 0 Å². The zero-order valence-corrected chi connectivity index (χ0v) is 35.3. The molecule has 9 aromatic carbocycles. The molecule has 2 aliphatic rings. The number of fused-ring (bicyclic) bond motifs is 12. The van der Waals surface area contributed by atoms with Crippen molar-refractivity contribution in [3.05, 3.63) is 241 Å². The van der Waals surface area contributed by atoms with Gasteiger partial charge in [-0.2, -0.15) is 0 Å². The Morgan fingerprint density at radius 2 is 0.781 bits per heavy atom. The van der Waals surface area contributed by atoms with Crippen molar-refractivity contribution in [2.75, 3.05) is 0 Å². The van der Waals surface area contributed by atoms with Gasteiger partial charge in [-0.05, 0) is 80.2 Å². The van der Waals surface area contributed by atoms with E-state index in [1.54, 1.807) is 0 Å². The number of hydrogen-bond acceptors (Lipinski definition) is 5. The maximum absolute atomic E-state index is 5.31. The second-order valence-electron chi connectivity index (χ2n) is 16.5. The Hall–Kier alpha value is -7.99. The molecule has 5 heteroatoms. The van der Waals surface area contributed by atoms with Gasteiger partial charge in [-0.1, -0.05) is 200 Å². The lowest BCUT2D eigenvalue weighted by atomic mass is 9.66. The molecule has 0 saturated carbocycles. The van der Waals surface area contributed by atoms with Crippen LogP contribution in [0.4, 0.5) is 0 Å². The second-order valence-corrected chi connectivity index (χ2v) is 17.6. The summed E-state index contributed by atoms with van der Waals surface area (Å²) >= 11 is 1.87. The minimum absolute atomic E-state index is 0.558. The third-order valence-corrected chi connectivity index (χ3v) is 14.1. The SMILES string of the molecule is c1ccc(-c2nc(-c3ccccc3)nc(-c3ccc(-c4ccc5c(c4)C4(c6cc7c(cc6S5)c(-c5ccccc5)nc5ccccc57)c5ccccc5-c5ccccc54)cc3)n2)cc1. The minimum Gasteiger partial charge on any atom is -0.247 e. The number of benzene rings is 9. The van der Waals surface area contributed by atoms with Crippen LogP contribution in [0, 0.1) is 0 Å². The largest absolute Gasteiger partial charge is 0.247 e. The summed E-state index contributed by atoms with van der Waals surface area (Å²) < 4.78 is 0. The fourth-order valence-corrected chi connectivity index (χ4v) is 11.3. The van der Waals surface area contributed by atoms with Gasteiger partial charge in [-0.15, -0.1) is 0 Å². The van der Waals surface area contributed by atoms with Gasteiger partial charge in [0, 0.05) is 42.8 Å². The summed E-state index contributed by atoms with van der Waals surface area (Å²) in [5.74, 6) is 1.94. The fourth-order valence-electron chi connectivity index (χ4n) is 10.1. The number of hydrogen-bond donors (Lipinski definition) is 0. The lowest BCUT2D eigenvalue weighted by Crippen LogP contribution is -2.32. The van der Waals surface area contributed by atoms with E-state index in [1.807, 2.05) is 72.4 Å². The average Bonchev–Trinajstić information content (AvgIpc) is 3.67. The predicted octanol–water partition coefficient (Wildman–Crippen LogP) is 14.7. The molecule has 4 nitrogen and oxygen atoms in total. The van der Waals surface area contributed by atoms with E-state index in [0.717, 1.165) is 55.4 Å². The number of pyridine rings is 1. The van der Waals surface area contributed by atoms with Crippen LogP contribution in [0.2, 0.25) is 0 Å². The van der Waals surface area contributed by atoms with Gasteiger partial charge in [0.2, 0.25) is 0 Å². The third kappa shape index (κ3) is 5.64. The Kier molecular flexibility index (Phi) is 8.33. The van der Waals surface area contributed by atoms with E-state index in [4.69, 9.17) is 19.9 Å². The standard InChI is InChI=1S/C59H36N4S/c1-4-16-38(17-5-1)55-47-36-54-51(35-46(47)45-24-12-15-27-52(45)60-55)59(48-25-13-10-22-43(48)44-23-11-14-26-49(44)59)50-34-42(32-33-53(50)64-54)37-28-30-41(31-29-37)58-62-56(39-18-6-2-7-19-39)61-57(63-58)40-20-8-3-9-21-40/h1-36H. The van der Waals surface area contributed by atoms with Gasteiger partial charge in [-0.3, -0.25) is 0 Å². The molecular weight excluding hydrogens is 797 g/mol. The molecule has 0 amide bonds. The Morgan fingerprint density at radius 1 is 0.297 bits per heavy atom. The second kappa shape index (κ2) is 14.6. The third-order valence-electron chi connectivity index (χ3n) is 13.0. The smallest absolute Gasteiger partial charge is 0.164 e. The highest BCUT2D eigenvalue weighted by Gasteiger charge is 2.50. The normalized spacial score (nSPS) is 13.1. The van der Waals surface area contributed by atoms with Gasteiger partial charge in [0.05, 0.1) is 16.6 Å². The lowest BCUT2D eigenvalue weighted by molar-refractivity contribution is 0.724. The van der Waals surface area contributed by atoms with Gasteiger partial charge >= 0.3 is 0 Å². The molecule has 3 heterocycles. The van der Waals surface area contributed by atoms with E-state index < -0.39 is 5.41 Å². The molecule has 11 aromatic rings. The van der Waals surface area contributed by atoms with E-state index >= 15 is 0 Å². The van der Waals surface area contributed by atoms with Gasteiger partial charge in [0.25, 0.3) is 0 Å². The lowest BCUT2D eigenvalue weighted by Gasteiger charge is -2.40. The number of aromatic nitrogens is 4. The van der Waals surface area contributed by atoms with E-state index in [-0.39, 0.29) is 0 Å². The zero-order valence-electron chi connectivity index (χ0n) is 34.5. The minimum atomic E-state index is -0.558. The predicted molar refractivity (Wildman–Crippen MR) is 261 cm³/mol. The Bertz CT molecular complexity index is 3520. The van der Waals surface area contributed by atoms with E-state index in [2.05, 4.69) is 158 Å². The maximum Gasteiger partial charge on any atom is 0.164 e. The van der Waals surface area contributed by atoms with Crippen molar-refractivity contribution in [3.63, 3.8) is 0 Å². The summed E-state index contributed by atoms with van der Waals surface area (Å²) in [4.78, 5) is 22.7. The molecule has 1 spiro atoms. The summed E-state index contributed by atoms with van der Waals surface area (Å²) in [7, 11) is 0. The monoisotopic (exact) mass is 832 g/mol. The van der Waals surface area contributed by atoms with Crippen LogP contribution in [-0.4, -0.2) is 19.9 Å². The van der Waals surface area contributed by atoms with Crippen molar-refractivity contribution >= 4 is 33.4 Å². The first kappa shape index (κ1) is 36.6. The summed E-state index contributed by atoms with van der Waals surface area (Å²) in [6.07, 6.45) is 0. The van der Waals surface area contributed by atoms with Gasteiger partial charge in [-0.25, -0.2) is 19.9 Å². The molecule has 2 aromatic heterocycles. The van der Waals surface area contributed by atoms with Crippen LogP contribution >= 0.6 is 11.8 Å². The molecule has 1 aliphatic carbocycles. The van der Waals surface area contributed by atoms with Crippen LogP contribution in [0.1, 0.15) is 22.3 Å². The zero-order chi connectivity index (χ0) is 42.2. The molecule has 1 aliphatic heterocycles. The van der Waals surface area contributed by atoms with Crippen LogP contribution in [-0.2, 0) is 5.41 Å². The number of rotatable bonds is 5. The molecule has 0 fully saturated rings. The van der Waals surface area contributed by atoms with Crippen LogP contribution in [0.5, 0.6) is 0 Å². The Labute approximate surface area is 375 Å². The summed E-state index contributed by atoms with van der Waals surface area (Å²) in [5, 5.41) is 3.53. The van der Waals surface area contributed by atoms with Crippen LogP contribution in [0.15, 0.2) is 228 Å². The van der Waals surface area contributed by atoms with Crippen LogP contribution in [0.3, 0.4) is 0 Å². The summed E-state index contributed by atoms with van der Waals surface area (Å²) in [6.45, 7) is 0. The molecule has 0 bridgehead atoms. The maximum atomic E-state index is 5.31. The van der Waals surface area contributed by atoms with E-state index in [9.17, 15) is 0 Å². The molecule has 64 heavy (non-hydrogen) atoms. The summed E-state index contributed by atoms with van der Waals surface area (Å²) in [6, 6.07) is 78.2. The van der Waals surface area contributed by atoms with Crippen LogP contribution < -0.4 is 0 Å². The van der Waals surface area contributed by atoms with E-state index in [1.165, 1.54) is 48.6 Å². The molecular formula is C59H36N4S. The van der Waals surface area contributed by atoms with Crippen molar-refractivity contribution in [2.24, 2.45) is 0 Å². The first-order valence-corrected chi connectivity index (χ1v) is 22.4. The van der Waals surface area contributed by atoms with Crippen molar-refractivity contribution in [2.45, 2.75) is 15.2 Å². The first-order valence-electron chi connectivity index (χ1n) is 21.6. The van der Waals surface area contributed by atoms with Crippen molar-refractivity contribution in [1.82, 2.24) is 19.9 Å². The molecule has 0 N–H and O–H groups in total. The highest BCUT2D eigenvalue weighted by Crippen LogP contribution is 2.63. The molecule has 298 valence electrons. The van der Waals surface area contributed by atoms with Crippen molar-refractivity contribution in [1.29, 1.82) is 0 Å². The van der Waals surface area contributed by atoms with Crippen molar-refractivity contribution < 1.29 is 0 Å². The highest BCUT2D eigenvalue weighted by molar-refractivity contribution is 7.99. The molecule has 0 unspecified atom stereocenters. The molecule has 13 rings (SSSR count). The van der Waals surface area contributed by atoms with Crippen molar-refractivity contribution in [3.8, 4) is 67.7 Å². The Morgan fingerprint density at radius 3 is 1.41 bits per heavy atom. The molecule has 0 radical (unpaired) electrons. The topological polar surface area (TPSA) is 51.6 Å². The highest BCUT2D eigenvalue weighted by atomic mass is 32.2. The fraction of sp³-hybridized carbons (Fsp3) is 0.0169. The quantitative estimate of drug-likeness (QED) is 0.162.